The molecule has 2 heterocycles. The zero-order valence-electron chi connectivity index (χ0n) is 16.0. The molecule has 1 saturated carbocycles. The van der Waals surface area contributed by atoms with Crippen LogP contribution in [0.25, 0.3) is 11.5 Å². The second-order valence-electron chi connectivity index (χ2n) is 7.68. The topological polar surface area (TPSA) is 109 Å². The number of aromatic nitrogens is 2. The number of carbonyl (C=O) groups is 3. The maximum atomic E-state index is 12.9. The molecule has 0 atom stereocenters. The van der Waals surface area contributed by atoms with Crippen LogP contribution in [0.5, 0.6) is 0 Å². The molecule has 4 rings (SSSR count). The van der Waals surface area contributed by atoms with E-state index < -0.39 is 17.5 Å². The van der Waals surface area contributed by atoms with E-state index in [0.717, 1.165) is 17.7 Å². The van der Waals surface area contributed by atoms with Crippen LogP contribution in [0.1, 0.15) is 32.6 Å². The number of imide groups is 1. The Balaban J connectivity index is 1.48. The third-order valence-electron chi connectivity index (χ3n) is 4.92. The summed E-state index contributed by atoms with van der Waals surface area (Å²) in [6.45, 7) is 2.99. The molecule has 0 spiro atoms. The van der Waals surface area contributed by atoms with E-state index in [1.807, 2.05) is 6.07 Å². The van der Waals surface area contributed by atoms with E-state index in [2.05, 4.69) is 15.5 Å². The van der Waals surface area contributed by atoms with Crippen molar-refractivity contribution in [1.82, 2.24) is 25.3 Å². The van der Waals surface area contributed by atoms with Crippen LogP contribution >= 0.6 is 11.6 Å². The van der Waals surface area contributed by atoms with E-state index in [9.17, 15) is 14.4 Å². The number of carbonyl (C=O) groups excluding carboxylic acids is 3. The Bertz CT molecular complexity index is 984. The number of benzene rings is 1. The molecule has 1 aliphatic heterocycles. The normalized spacial score (nSPS) is 18.1. The fourth-order valence-corrected chi connectivity index (χ4v) is 3.42. The summed E-state index contributed by atoms with van der Waals surface area (Å²) in [6.07, 6.45) is 1.70. The van der Waals surface area contributed by atoms with Crippen LogP contribution in [-0.4, -0.2) is 56.0 Å². The molecule has 10 heteroatoms. The summed E-state index contributed by atoms with van der Waals surface area (Å²) in [5, 5.41) is 11.1. The molecular formula is C19H20ClN5O4. The van der Waals surface area contributed by atoms with E-state index in [1.165, 1.54) is 0 Å². The van der Waals surface area contributed by atoms with E-state index in [1.54, 1.807) is 36.9 Å². The van der Waals surface area contributed by atoms with Crippen LogP contribution in [0.4, 0.5) is 4.79 Å². The fourth-order valence-electron chi connectivity index (χ4n) is 3.20. The van der Waals surface area contributed by atoms with Gasteiger partial charge in [-0.1, -0.05) is 23.7 Å². The Morgan fingerprint density at radius 3 is 2.66 bits per heavy atom. The van der Waals surface area contributed by atoms with Gasteiger partial charge in [0.1, 0.15) is 12.1 Å². The van der Waals surface area contributed by atoms with Crippen LogP contribution in [0.3, 0.4) is 0 Å². The Hall–Kier alpha value is -2.94. The Labute approximate surface area is 172 Å². The van der Waals surface area contributed by atoms with Gasteiger partial charge in [0.15, 0.2) is 0 Å². The molecule has 1 aromatic carbocycles. The first kappa shape index (κ1) is 19.4. The van der Waals surface area contributed by atoms with Gasteiger partial charge in [0.2, 0.25) is 17.7 Å². The van der Waals surface area contributed by atoms with Gasteiger partial charge in [-0.15, -0.1) is 10.2 Å². The average molecular weight is 418 g/mol. The number of nitrogens with one attached hydrogen (secondary N) is 1. The van der Waals surface area contributed by atoms with Gasteiger partial charge in [-0.25, -0.2) is 4.79 Å². The van der Waals surface area contributed by atoms with E-state index in [-0.39, 0.29) is 36.8 Å². The lowest BCUT2D eigenvalue weighted by Crippen LogP contribution is -2.45. The molecule has 1 aromatic heterocycles. The Kier molecular flexibility index (Phi) is 4.77. The predicted octanol–water partition coefficient (Wildman–Crippen LogP) is 2.21. The number of hydrogen-bond donors (Lipinski definition) is 1. The minimum Gasteiger partial charge on any atom is -0.419 e. The summed E-state index contributed by atoms with van der Waals surface area (Å²) >= 11 is 6.16. The first-order valence-corrected chi connectivity index (χ1v) is 9.65. The van der Waals surface area contributed by atoms with Crippen molar-refractivity contribution in [3.63, 3.8) is 0 Å². The highest BCUT2D eigenvalue weighted by Crippen LogP contribution is 2.30. The lowest BCUT2D eigenvalue weighted by atomic mass is 10.1. The Morgan fingerprint density at radius 2 is 2.03 bits per heavy atom. The van der Waals surface area contributed by atoms with Crippen molar-refractivity contribution >= 4 is 29.4 Å². The summed E-state index contributed by atoms with van der Waals surface area (Å²) in [4.78, 5) is 39.8. The summed E-state index contributed by atoms with van der Waals surface area (Å²) in [5.41, 5.74) is -0.406. The summed E-state index contributed by atoms with van der Waals surface area (Å²) in [7, 11) is 0. The maximum absolute atomic E-state index is 12.9. The molecule has 2 fully saturated rings. The number of rotatable bonds is 6. The maximum Gasteiger partial charge on any atom is 0.325 e. The van der Waals surface area contributed by atoms with Gasteiger partial charge in [0.25, 0.3) is 5.91 Å². The smallest absolute Gasteiger partial charge is 0.325 e. The SMILES string of the molecule is CC1(C)NC(=O)N(CC(=O)N(Cc2nnc(-c3ccccc3Cl)o2)C2CC2)C1=O. The molecule has 1 N–H and O–H groups in total. The number of nitrogens with zero attached hydrogens (tertiary/aromatic N) is 4. The fraction of sp³-hybridized carbons (Fsp3) is 0.421. The quantitative estimate of drug-likeness (QED) is 0.722. The van der Waals surface area contributed by atoms with Crippen LogP contribution in [0.2, 0.25) is 5.02 Å². The molecular weight excluding hydrogens is 398 g/mol. The van der Waals surface area contributed by atoms with Crippen molar-refractivity contribution in [2.45, 2.75) is 44.8 Å². The molecule has 0 unspecified atom stereocenters. The third-order valence-corrected chi connectivity index (χ3v) is 5.25. The third kappa shape index (κ3) is 3.82. The van der Waals surface area contributed by atoms with Crippen LogP contribution in [0, 0.1) is 0 Å². The van der Waals surface area contributed by atoms with Crippen LogP contribution < -0.4 is 5.32 Å². The van der Waals surface area contributed by atoms with Crippen molar-refractivity contribution in [2.75, 3.05) is 6.54 Å². The molecule has 4 amide bonds. The van der Waals surface area contributed by atoms with Gasteiger partial charge in [0, 0.05) is 6.04 Å². The van der Waals surface area contributed by atoms with E-state index in [0.29, 0.717) is 10.6 Å². The first-order valence-electron chi connectivity index (χ1n) is 9.27. The highest BCUT2D eigenvalue weighted by molar-refractivity contribution is 6.33. The van der Waals surface area contributed by atoms with Crippen molar-refractivity contribution in [3.05, 3.63) is 35.2 Å². The zero-order valence-corrected chi connectivity index (χ0v) is 16.8. The highest BCUT2D eigenvalue weighted by Gasteiger charge is 2.46. The minimum atomic E-state index is -1.02. The van der Waals surface area contributed by atoms with E-state index >= 15 is 0 Å². The van der Waals surface area contributed by atoms with Crippen molar-refractivity contribution in [3.8, 4) is 11.5 Å². The second kappa shape index (κ2) is 7.14. The molecule has 152 valence electrons. The zero-order chi connectivity index (χ0) is 20.8. The van der Waals surface area contributed by atoms with Gasteiger partial charge in [-0.3, -0.25) is 14.5 Å². The predicted molar refractivity (Wildman–Crippen MR) is 103 cm³/mol. The van der Waals surface area contributed by atoms with E-state index in [4.69, 9.17) is 16.0 Å². The highest BCUT2D eigenvalue weighted by atomic mass is 35.5. The largest absolute Gasteiger partial charge is 0.419 e. The van der Waals surface area contributed by atoms with Crippen LogP contribution in [-0.2, 0) is 16.1 Å². The summed E-state index contributed by atoms with van der Waals surface area (Å²) in [5.74, 6) is -0.237. The van der Waals surface area contributed by atoms with Gasteiger partial charge < -0.3 is 14.6 Å². The molecule has 1 saturated heterocycles. The van der Waals surface area contributed by atoms with Crippen molar-refractivity contribution in [1.29, 1.82) is 0 Å². The van der Waals surface area contributed by atoms with Gasteiger partial charge in [-0.2, -0.15) is 0 Å². The van der Waals surface area contributed by atoms with Crippen molar-refractivity contribution in [2.24, 2.45) is 0 Å². The molecule has 1 aliphatic carbocycles. The van der Waals surface area contributed by atoms with Gasteiger partial charge in [-0.05, 0) is 38.8 Å². The number of amides is 4. The summed E-state index contributed by atoms with van der Waals surface area (Å²) < 4.78 is 5.69. The number of urea groups is 1. The second-order valence-corrected chi connectivity index (χ2v) is 8.09. The van der Waals surface area contributed by atoms with Gasteiger partial charge in [0.05, 0.1) is 17.1 Å². The van der Waals surface area contributed by atoms with Crippen molar-refractivity contribution < 1.29 is 18.8 Å². The number of hydrogen-bond acceptors (Lipinski definition) is 6. The molecule has 2 aromatic rings. The van der Waals surface area contributed by atoms with Crippen LogP contribution in [0.15, 0.2) is 28.7 Å². The lowest BCUT2D eigenvalue weighted by Gasteiger charge is -2.23. The lowest BCUT2D eigenvalue weighted by molar-refractivity contribution is -0.139. The van der Waals surface area contributed by atoms with Gasteiger partial charge >= 0.3 is 6.03 Å². The summed E-state index contributed by atoms with van der Waals surface area (Å²) in [6, 6.07) is 6.57. The molecule has 0 bridgehead atoms. The molecule has 9 nitrogen and oxygen atoms in total. The molecule has 29 heavy (non-hydrogen) atoms. The molecule has 2 aliphatic rings. The monoisotopic (exact) mass is 417 g/mol. The first-order chi connectivity index (χ1) is 13.8. The molecule has 0 radical (unpaired) electrons. The minimum absolute atomic E-state index is 0.0342. The number of halogens is 1. The Morgan fingerprint density at radius 1 is 1.31 bits per heavy atom. The average Bonchev–Trinajstić information content (AvgIpc) is 3.37. The standard InChI is InChI=1S/C19H20ClN5O4/c1-19(2)17(27)25(18(28)21-19)10-15(26)24(11-7-8-11)9-14-22-23-16(29-14)12-5-3-4-6-13(12)20/h3-6,11H,7-10H2,1-2H3,(H,21,28).